The third-order valence-electron chi connectivity index (χ3n) is 4.03. The predicted molar refractivity (Wildman–Crippen MR) is 101 cm³/mol. The van der Waals surface area contributed by atoms with E-state index in [0.29, 0.717) is 13.0 Å². The minimum Gasteiger partial charge on any atom is -0.354 e. The molecule has 0 unspecified atom stereocenters. The molecule has 0 aromatic carbocycles. The highest BCUT2D eigenvalue weighted by atomic mass is 32.1. The Kier molecular flexibility index (Phi) is 5.72. The maximum atomic E-state index is 12.4. The second kappa shape index (κ2) is 8.18. The van der Waals surface area contributed by atoms with Gasteiger partial charge in [0.2, 0.25) is 5.91 Å². The number of imidazole rings is 1. The van der Waals surface area contributed by atoms with Crippen molar-refractivity contribution in [2.75, 3.05) is 6.54 Å². The number of amides is 1. The van der Waals surface area contributed by atoms with E-state index < -0.39 is 0 Å². The molecule has 0 spiro atoms. The molecule has 1 atom stereocenters. The maximum absolute atomic E-state index is 12.4. The molecule has 3 rings (SSSR count). The molecule has 3 aromatic rings. The number of rotatable bonds is 7. The van der Waals surface area contributed by atoms with Crippen molar-refractivity contribution < 1.29 is 4.79 Å². The van der Waals surface area contributed by atoms with Crippen LogP contribution in [0.2, 0.25) is 0 Å². The van der Waals surface area contributed by atoms with E-state index in [9.17, 15) is 4.79 Å². The lowest BCUT2D eigenvalue weighted by Gasteiger charge is -2.17. The third kappa shape index (κ3) is 4.13. The van der Waals surface area contributed by atoms with Crippen LogP contribution >= 0.6 is 11.3 Å². The average molecular weight is 370 g/mol. The molecular weight excluding hydrogens is 348 g/mol. The predicted octanol–water partition coefficient (Wildman–Crippen LogP) is 2.84. The molecule has 0 radical (unpaired) electrons. The molecule has 0 saturated carbocycles. The van der Waals surface area contributed by atoms with E-state index in [-0.39, 0.29) is 17.9 Å². The van der Waals surface area contributed by atoms with E-state index in [4.69, 9.17) is 0 Å². The number of nitrogens with zero attached hydrogens (tertiary/aromatic N) is 5. The fourth-order valence-electron chi connectivity index (χ4n) is 2.64. The molecule has 0 aliphatic heterocycles. The van der Waals surface area contributed by atoms with Crippen LogP contribution in [0.1, 0.15) is 44.2 Å². The molecule has 1 amide bonds. The zero-order valence-corrected chi connectivity index (χ0v) is 15.9. The third-order valence-corrected chi connectivity index (χ3v) is 4.94. The lowest BCUT2D eigenvalue weighted by atomic mass is 10.2. The Balaban J connectivity index is 1.54. The van der Waals surface area contributed by atoms with Gasteiger partial charge in [0, 0.05) is 49.1 Å². The molecule has 8 heteroatoms. The second-order valence-corrected chi connectivity index (χ2v) is 7.16. The molecule has 3 aromatic heterocycles. The van der Waals surface area contributed by atoms with Gasteiger partial charge >= 0.3 is 0 Å². The SMILES string of the molecule is CC(C)c1nccn1[C@H](C)C(=O)NCCc1csc(-c2cnccn2)n1. The van der Waals surface area contributed by atoms with Gasteiger partial charge in [0.15, 0.2) is 0 Å². The molecule has 7 nitrogen and oxygen atoms in total. The Labute approximate surface area is 156 Å². The molecule has 0 fully saturated rings. The first-order valence-corrected chi connectivity index (χ1v) is 9.45. The minimum absolute atomic E-state index is 0.0192. The smallest absolute Gasteiger partial charge is 0.242 e. The minimum atomic E-state index is -0.291. The van der Waals surface area contributed by atoms with Gasteiger partial charge in [0.05, 0.1) is 11.9 Å². The Morgan fingerprint density at radius 3 is 2.81 bits per heavy atom. The van der Waals surface area contributed by atoms with Crippen LogP contribution in [0, 0.1) is 0 Å². The van der Waals surface area contributed by atoms with Gasteiger partial charge in [-0.25, -0.2) is 9.97 Å². The van der Waals surface area contributed by atoms with Gasteiger partial charge in [-0.2, -0.15) is 0 Å². The monoisotopic (exact) mass is 370 g/mol. The highest BCUT2D eigenvalue weighted by molar-refractivity contribution is 7.13. The Morgan fingerprint density at radius 2 is 2.08 bits per heavy atom. The first-order chi connectivity index (χ1) is 12.6. The molecule has 0 saturated heterocycles. The van der Waals surface area contributed by atoms with E-state index in [1.54, 1.807) is 24.8 Å². The van der Waals surface area contributed by atoms with Crippen LogP contribution in [0.15, 0.2) is 36.4 Å². The van der Waals surface area contributed by atoms with Gasteiger partial charge < -0.3 is 9.88 Å². The van der Waals surface area contributed by atoms with Crippen molar-refractivity contribution in [2.45, 2.75) is 39.2 Å². The Bertz CT molecular complexity index is 857. The molecule has 0 bridgehead atoms. The summed E-state index contributed by atoms with van der Waals surface area (Å²) in [7, 11) is 0. The highest BCUT2D eigenvalue weighted by Crippen LogP contribution is 2.21. The zero-order chi connectivity index (χ0) is 18.5. The van der Waals surface area contributed by atoms with Gasteiger partial charge in [-0.1, -0.05) is 13.8 Å². The maximum Gasteiger partial charge on any atom is 0.242 e. The van der Waals surface area contributed by atoms with E-state index in [2.05, 4.69) is 39.1 Å². The summed E-state index contributed by atoms with van der Waals surface area (Å²) in [5.41, 5.74) is 1.71. The second-order valence-electron chi connectivity index (χ2n) is 6.30. The number of hydrogen-bond acceptors (Lipinski definition) is 6. The molecule has 1 N–H and O–H groups in total. The van der Waals surface area contributed by atoms with Gasteiger partial charge in [-0.05, 0) is 6.92 Å². The summed E-state index contributed by atoms with van der Waals surface area (Å²) >= 11 is 1.53. The highest BCUT2D eigenvalue weighted by Gasteiger charge is 2.18. The normalized spacial score (nSPS) is 12.3. The number of carbonyl (C=O) groups is 1. The van der Waals surface area contributed by atoms with Gasteiger partial charge in [0.1, 0.15) is 22.6 Å². The van der Waals surface area contributed by atoms with E-state index in [1.165, 1.54) is 11.3 Å². The Morgan fingerprint density at radius 1 is 1.23 bits per heavy atom. The summed E-state index contributed by atoms with van der Waals surface area (Å²) in [6.45, 7) is 6.57. The van der Waals surface area contributed by atoms with Crippen molar-refractivity contribution in [2.24, 2.45) is 0 Å². The lowest BCUT2D eigenvalue weighted by Crippen LogP contribution is -2.33. The molecule has 0 aliphatic rings. The topological polar surface area (TPSA) is 85.6 Å². The summed E-state index contributed by atoms with van der Waals surface area (Å²) in [5.74, 6) is 1.17. The van der Waals surface area contributed by atoms with E-state index in [0.717, 1.165) is 22.2 Å². The number of carbonyl (C=O) groups excluding carboxylic acids is 1. The van der Waals surface area contributed by atoms with Crippen LogP contribution in [0.3, 0.4) is 0 Å². The molecular formula is C18H22N6OS. The number of hydrogen-bond donors (Lipinski definition) is 1. The number of thiazole rings is 1. The Hall–Kier alpha value is -2.61. The van der Waals surface area contributed by atoms with Crippen molar-refractivity contribution >= 4 is 17.2 Å². The summed E-state index contributed by atoms with van der Waals surface area (Å²) in [6, 6.07) is -0.291. The molecule has 0 aliphatic carbocycles. The van der Waals surface area contributed by atoms with Crippen LogP contribution in [-0.2, 0) is 11.2 Å². The van der Waals surface area contributed by atoms with Crippen molar-refractivity contribution in [1.29, 1.82) is 0 Å². The summed E-state index contributed by atoms with van der Waals surface area (Å²) in [5, 5.41) is 5.82. The van der Waals surface area contributed by atoms with Crippen molar-refractivity contribution in [3.8, 4) is 10.7 Å². The van der Waals surface area contributed by atoms with Crippen LogP contribution < -0.4 is 5.32 Å². The van der Waals surface area contributed by atoms with Crippen molar-refractivity contribution in [3.05, 3.63) is 47.9 Å². The summed E-state index contributed by atoms with van der Waals surface area (Å²) < 4.78 is 1.93. The van der Waals surface area contributed by atoms with Crippen molar-refractivity contribution in [1.82, 2.24) is 29.8 Å². The van der Waals surface area contributed by atoms with Crippen LogP contribution in [0.25, 0.3) is 10.7 Å². The molecule has 3 heterocycles. The van der Waals surface area contributed by atoms with Crippen LogP contribution in [0.5, 0.6) is 0 Å². The van der Waals surface area contributed by atoms with Crippen molar-refractivity contribution in [3.63, 3.8) is 0 Å². The average Bonchev–Trinajstić information content (AvgIpc) is 3.31. The van der Waals surface area contributed by atoms with Crippen LogP contribution in [-0.4, -0.2) is 37.0 Å². The number of aromatic nitrogens is 5. The van der Waals surface area contributed by atoms with E-state index >= 15 is 0 Å². The van der Waals surface area contributed by atoms with E-state index in [1.807, 2.05) is 23.1 Å². The van der Waals surface area contributed by atoms with Gasteiger partial charge in [-0.15, -0.1) is 11.3 Å². The molecule has 26 heavy (non-hydrogen) atoms. The zero-order valence-electron chi connectivity index (χ0n) is 15.1. The molecule has 136 valence electrons. The quantitative estimate of drug-likeness (QED) is 0.691. The first kappa shape index (κ1) is 18.2. The first-order valence-electron chi connectivity index (χ1n) is 8.57. The summed E-state index contributed by atoms with van der Waals surface area (Å²) in [4.78, 5) is 29.6. The van der Waals surface area contributed by atoms with Gasteiger partial charge in [-0.3, -0.25) is 14.8 Å². The standard InChI is InChI=1S/C18H22N6OS/c1-12(2)16-21-8-9-24(16)13(3)17(25)22-5-4-14-11-26-18(23-14)15-10-19-6-7-20-15/h6-13H,4-5H2,1-3H3,(H,22,25)/t13-/m1/s1. The lowest BCUT2D eigenvalue weighted by molar-refractivity contribution is -0.123. The van der Waals surface area contributed by atoms with Crippen LogP contribution in [0.4, 0.5) is 0 Å². The largest absolute Gasteiger partial charge is 0.354 e. The fraction of sp³-hybridized carbons (Fsp3) is 0.389. The number of nitrogens with one attached hydrogen (secondary N) is 1. The fourth-order valence-corrected chi connectivity index (χ4v) is 3.45. The van der Waals surface area contributed by atoms with Gasteiger partial charge in [0.25, 0.3) is 0 Å². The summed E-state index contributed by atoms with van der Waals surface area (Å²) in [6.07, 6.45) is 9.26.